The first-order chi connectivity index (χ1) is 6.97. The molecule has 0 aliphatic rings. The van der Waals surface area contributed by atoms with Crippen LogP contribution in [0.2, 0.25) is 0 Å². The van der Waals surface area contributed by atoms with Crippen LogP contribution in [-0.4, -0.2) is 34.2 Å². The Labute approximate surface area is 94.4 Å². The van der Waals surface area contributed by atoms with Crippen LogP contribution in [0.3, 0.4) is 0 Å². The molecule has 90 valence electrons. The highest BCUT2D eigenvalue weighted by molar-refractivity contribution is 7.84. The normalized spacial score (nSPS) is 16.8. The summed E-state index contributed by atoms with van der Waals surface area (Å²) >= 11 is 0. The maximum Gasteiger partial charge on any atom is 0.237 e. The molecule has 15 heavy (non-hydrogen) atoms. The quantitative estimate of drug-likeness (QED) is 0.669. The van der Waals surface area contributed by atoms with Crippen LogP contribution < -0.4 is 11.1 Å². The Kier molecular flexibility index (Phi) is 7.60. The van der Waals surface area contributed by atoms with Gasteiger partial charge in [-0.3, -0.25) is 9.00 Å². The van der Waals surface area contributed by atoms with Crippen LogP contribution in [0.25, 0.3) is 0 Å². The van der Waals surface area contributed by atoms with Gasteiger partial charge >= 0.3 is 0 Å². The first kappa shape index (κ1) is 14.6. The molecule has 0 aromatic carbocycles. The van der Waals surface area contributed by atoms with Crippen molar-refractivity contribution in [1.29, 1.82) is 0 Å². The van der Waals surface area contributed by atoms with E-state index in [2.05, 4.69) is 12.2 Å². The number of carbonyl (C=O) groups excluding carboxylic acids is 1. The van der Waals surface area contributed by atoms with Crippen molar-refractivity contribution in [2.75, 3.05) is 12.0 Å². The van der Waals surface area contributed by atoms with Crippen LogP contribution in [0.1, 0.15) is 33.1 Å². The van der Waals surface area contributed by atoms with Crippen LogP contribution in [0, 0.1) is 0 Å². The van der Waals surface area contributed by atoms with Crippen molar-refractivity contribution in [2.45, 2.75) is 45.2 Å². The zero-order chi connectivity index (χ0) is 11.8. The number of nitrogens with one attached hydrogen (secondary N) is 1. The molecule has 0 fully saturated rings. The van der Waals surface area contributed by atoms with Crippen molar-refractivity contribution >= 4 is 16.7 Å². The van der Waals surface area contributed by atoms with E-state index in [0.29, 0.717) is 12.2 Å². The van der Waals surface area contributed by atoms with Crippen molar-refractivity contribution in [1.82, 2.24) is 5.32 Å². The summed E-state index contributed by atoms with van der Waals surface area (Å²) in [7, 11) is -0.886. The minimum Gasteiger partial charge on any atom is -0.351 e. The molecule has 1 amide bonds. The Morgan fingerprint density at radius 1 is 1.53 bits per heavy atom. The van der Waals surface area contributed by atoms with Crippen molar-refractivity contribution < 1.29 is 9.00 Å². The van der Waals surface area contributed by atoms with E-state index in [1.807, 2.05) is 6.92 Å². The second kappa shape index (κ2) is 7.82. The van der Waals surface area contributed by atoms with Crippen LogP contribution in [0.15, 0.2) is 0 Å². The molecular weight excluding hydrogens is 212 g/mol. The fraction of sp³-hybridized carbons (Fsp3) is 0.900. The predicted octanol–water partition coefficient (Wildman–Crippen LogP) is 0.387. The lowest BCUT2D eigenvalue weighted by atomic mass is 10.1. The maximum atomic E-state index is 11.5. The van der Waals surface area contributed by atoms with Gasteiger partial charge in [-0.1, -0.05) is 19.8 Å². The largest absolute Gasteiger partial charge is 0.351 e. The lowest BCUT2D eigenvalue weighted by molar-refractivity contribution is -0.122. The van der Waals surface area contributed by atoms with Gasteiger partial charge in [-0.2, -0.15) is 0 Å². The molecule has 0 saturated carbocycles. The summed E-state index contributed by atoms with van der Waals surface area (Å²) in [6, 6.07) is -0.506. The number of unbranched alkanes of at least 4 members (excludes halogenated alkanes) is 1. The molecule has 4 nitrogen and oxygen atoms in total. The molecule has 0 spiro atoms. The molecular formula is C10H22N2O2S. The number of amides is 1. The van der Waals surface area contributed by atoms with Gasteiger partial charge in [0, 0.05) is 28.9 Å². The van der Waals surface area contributed by atoms with Gasteiger partial charge in [0.2, 0.25) is 5.91 Å². The van der Waals surface area contributed by atoms with Crippen LogP contribution in [-0.2, 0) is 15.6 Å². The summed E-state index contributed by atoms with van der Waals surface area (Å²) in [4.78, 5) is 11.5. The Hall–Kier alpha value is -0.420. The minimum atomic E-state index is -0.886. The van der Waals surface area contributed by atoms with E-state index in [0.717, 1.165) is 12.8 Å². The van der Waals surface area contributed by atoms with E-state index < -0.39 is 16.8 Å². The van der Waals surface area contributed by atoms with Crippen molar-refractivity contribution in [2.24, 2.45) is 5.73 Å². The van der Waals surface area contributed by atoms with Gasteiger partial charge in [0.15, 0.2) is 0 Å². The van der Waals surface area contributed by atoms with E-state index in [1.54, 1.807) is 6.26 Å². The summed E-state index contributed by atoms with van der Waals surface area (Å²) in [5.74, 6) is 0.341. The molecule has 2 unspecified atom stereocenters. The van der Waals surface area contributed by atoms with Crippen molar-refractivity contribution in [3.63, 3.8) is 0 Å². The van der Waals surface area contributed by atoms with Crippen molar-refractivity contribution in [3.05, 3.63) is 0 Å². The number of carbonyl (C=O) groups is 1. The number of hydrogen-bond acceptors (Lipinski definition) is 3. The molecule has 0 aromatic rings. The topological polar surface area (TPSA) is 72.2 Å². The smallest absolute Gasteiger partial charge is 0.237 e. The van der Waals surface area contributed by atoms with Gasteiger partial charge in [-0.05, 0) is 13.3 Å². The number of nitrogens with two attached hydrogens (primary N) is 1. The summed E-state index contributed by atoms with van der Waals surface area (Å²) in [6.45, 7) is 3.90. The van der Waals surface area contributed by atoms with Crippen LogP contribution >= 0.6 is 0 Å². The van der Waals surface area contributed by atoms with Gasteiger partial charge in [0.05, 0.1) is 6.04 Å². The van der Waals surface area contributed by atoms with Crippen molar-refractivity contribution in [3.8, 4) is 0 Å². The second-order valence-electron chi connectivity index (χ2n) is 3.90. The van der Waals surface area contributed by atoms with Gasteiger partial charge in [0.1, 0.15) is 0 Å². The zero-order valence-corrected chi connectivity index (χ0v) is 10.6. The van der Waals surface area contributed by atoms with E-state index in [1.165, 1.54) is 0 Å². The van der Waals surface area contributed by atoms with E-state index in [-0.39, 0.29) is 11.9 Å². The molecule has 0 radical (unpaired) electrons. The molecule has 0 heterocycles. The molecule has 5 heteroatoms. The molecule has 0 saturated heterocycles. The van der Waals surface area contributed by atoms with E-state index in [9.17, 15) is 9.00 Å². The van der Waals surface area contributed by atoms with Gasteiger partial charge in [-0.25, -0.2) is 0 Å². The summed E-state index contributed by atoms with van der Waals surface area (Å²) in [5.41, 5.74) is 5.69. The number of hydrogen-bond donors (Lipinski definition) is 2. The summed E-state index contributed by atoms with van der Waals surface area (Å²) in [5, 5.41) is 2.76. The Balaban J connectivity index is 3.85. The maximum absolute atomic E-state index is 11.5. The molecule has 3 N–H and O–H groups in total. The van der Waals surface area contributed by atoms with E-state index in [4.69, 9.17) is 5.73 Å². The minimum absolute atomic E-state index is 0.0731. The lowest BCUT2D eigenvalue weighted by Gasteiger charge is -2.16. The molecule has 0 bridgehead atoms. The lowest BCUT2D eigenvalue weighted by Crippen LogP contribution is -2.45. The standard InChI is InChI=1S/C10H22N2O2S/c1-4-5-6-9(11)10(13)12-8(2)7-15(3)14/h8-9H,4-7,11H2,1-3H3,(H,12,13)/t8?,9-,15?/m0/s1. The fourth-order valence-corrected chi connectivity index (χ4v) is 2.09. The third-order valence-electron chi connectivity index (χ3n) is 2.08. The SMILES string of the molecule is CCCC[C@H](N)C(=O)NC(C)CS(C)=O. The highest BCUT2D eigenvalue weighted by atomic mass is 32.2. The Morgan fingerprint density at radius 2 is 2.13 bits per heavy atom. The zero-order valence-electron chi connectivity index (χ0n) is 9.79. The second-order valence-corrected chi connectivity index (χ2v) is 5.38. The molecule has 0 aliphatic heterocycles. The molecule has 0 rings (SSSR count). The Morgan fingerprint density at radius 3 is 2.60 bits per heavy atom. The molecule has 0 aromatic heterocycles. The van der Waals surface area contributed by atoms with E-state index >= 15 is 0 Å². The third-order valence-corrected chi connectivity index (χ3v) is 3.05. The first-order valence-electron chi connectivity index (χ1n) is 5.33. The van der Waals surface area contributed by atoms with Crippen LogP contribution in [0.4, 0.5) is 0 Å². The summed E-state index contributed by atoms with van der Waals surface area (Å²) < 4.78 is 10.9. The highest BCUT2D eigenvalue weighted by Crippen LogP contribution is 1.98. The molecule has 0 aliphatic carbocycles. The molecule has 3 atom stereocenters. The average Bonchev–Trinajstić information content (AvgIpc) is 2.12. The van der Waals surface area contributed by atoms with Gasteiger partial charge < -0.3 is 11.1 Å². The Bertz CT molecular complexity index is 221. The summed E-state index contributed by atoms with van der Waals surface area (Å²) in [6.07, 6.45) is 4.34. The fourth-order valence-electron chi connectivity index (χ4n) is 1.30. The highest BCUT2D eigenvalue weighted by Gasteiger charge is 2.15. The predicted molar refractivity (Wildman–Crippen MR) is 64.0 cm³/mol. The van der Waals surface area contributed by atoms with Gasteiger partial charge in [0.25, 0.3) is 0 Å². The third kappa shape index (κ3) is 7.50. The van der Waals surface area contributed by atoms with Crippen LogP contribution in [0.5, 0.6) is 0 Å². The number of rotatable bonds is 7. The van der Waals surface area contributed by atoms with Gasteiger partial charge in [-0.15, -0.1) is 0 Å². The average molecular weight is 234 g/mol. The monoisotopic (exact) mass is 234 g/mol. The first-order valence-corrected chi connectivity index (χ1v) is 7.06.